The summed E-state index contributed by atoms with van der Waals surface area (Å²) in [5, 5.41) is 9.43. The molecule has 0 unspecified atom stereocenters. The van der Waals surface area contributed by atoms with Gasteiger partial charge in [0, 0.05) is 5.56 Å². The molecule has 12 heavy (non-hydrogen) atoms. The molecule has 0 bridgehead atoms. The van der Waals surface area contributed by atoms with Gasteiger partial charge in [-0.25, -0.2) is 0 Å². The molecule has 0 saturated carbocycles. The molecule has 2 nitrogen and oxygen atoms in total. The van der Waals surface area contributed by atoms with Crippen molar-refractivity contribution in [2.24, 2.45) is 0 Å². The lowest BCUT2D eigenvalue weighted by atomic mass is 10.1. The highest BCUT2D eigenvalue weighted by Crippen LogP contribution is 2.24. The summed E-state index contributed by atoms with van der Waals surface area (Å²) in [4.78, 5) is 0. The van der Waals surface area contributed by atoms with Gasteiger partial charge in [0.05, 0.1) is 19.1 Å². The van der Waals surface area contributed by atoms with Crippen LogP contribution in [-0.4, -0.2) is 18.1 Å². The maximum atomic E-state index is 9.43. The van der Waals surface area contributed by atoms with Crippen LogP contribution in [0, 0.1) is 0 Å². The molecule has 0 aliphatic carbocycles. The van der Waals surface area contributed by atoms with Crippen LogP contribution in [0.1, 0.15) is 11.7 Å². The number of benzene rings is 1. The highest BCUT2D eigenvalue weighted by atomic mass is 35.5. The van der Waals surface area contributed by atoms with E-state index in [1.807, 2.05) is 12.1 Å². The van der Waals surface area contributed by atoms with Crippen LogP contribution < -0.4 is 4.74 Å². The molecule has 0 aliphatic heterocycles. The fraction of sp³-hybridized carbons (Fsp3) is 0.333. The van der Waals surface area contributed by atoms with Crippen LogP contribution in [0.2, 0.25) is 0 Å². The van der Waals surface area contributed by atoms with E-state index in [1.54, 1.807) is 19.2 Å². The lowest BCUT2D eigenvalue weighted by Gasteiger charge is -2.11. The summed E-state index contributed by atoms with van der Waals surface area (Å²) >= 11 is 5.51. The van der Waals surface area contributed by atoms with Crippen LogP contribution in [0.15, 0.2) is 24.3 Å². The molecule has 0 aliphatic rings. The topological polar surface area (TPSA) is 29.5 Å². The van der Waals surface area contributed by atoms with E-state index in [4.69, 9.17) is 16.3 Å². The summed E-state index contributed by atoms with van der Waals surface area (Å²) in [6, 6.07) is 7.29. The third-order valence-corrected chi connectivity index (χ3v) is 1.94. The van der Waals surface area contributed by atoms with Crippen molar-refractivity contribution >= 4 is 11.6 Å². The molecule has 66 valence electrons. The highest BCUT2D eigenvalue weighted by Gasteiger charge is 2.10. The Kier molecular flexibility index (Phi) is 3.38. The Morgan fingerprint density at radius 3 is 2.75 bits per heavy atom. The van der Waals surface area contributed by atoms with Gasteiger partial charge < -0.3 is 9.84 Å². The molecule has 0 aromatic heterocycles. The van der Waals surface area contributed by atoms with Crippen molar-refractivity contribution in [3.63, 3.8) is 0 Å². The molecule has 0 spiro atoms. The molecule has 0 saturated heterocycles. The van der Waals surface area contributed by atoms with E-state index in [0.717, 1.165) is 5.56 Å². The van der Waals surface area contributed by atoms with Crippen LogP contribution in [0.25, 0.3) is 0 Å². The number of halogens is 1. The zero-order chi connectivity index (χ0) is 8.97. The number of ether oxygens (including phenoxy) is 1. The first-order chi connectivity index (χ1) is 5.79. The molecule has 0 radical (unpaired) electrons. The first kappa shape index (κ1) is 9.36. The summed E-state index contributed by atoms with van der Waals surface area (Å²) in [5.41, 5.74) is 0.731. The van der Waals surface area contributed by atoms with Crippen molar-refractivity contribution in [1.29, 1.82) is 0 Å². The summed E-state index contributed by atoms with van der Waals surface area (Å²) < 4.78 is 5.05. The van der Waals surface area contributed by atoms with Crippen LogP contribution in [0.3, 0.4) is 0 Å². The Balaban J connectivity index is 2.96. The number of aliphatic hydroxyl groups is 1. The number of aliphatic hydroxyl groups excluding tert-OH is 1. The predicted octanol–water partition coefficient (Wildman–Crippen LogP) is 1.97. The smallest absolute Gasteiger partial charge is 0.124 e. The molecular weight excluding hydrogens is 176 g/mol. The van der Waals surface area contributed by atoms with Crippen molar-refractivity contribution in [3.05, 3.63) is 29.8 Å². The highest BCUT2D eigenvalue weighted by molar-refractivity contribution is 6.18. The number of hydrogen-bond donors (Lipinski definition) is 1. The molecule has 0 heterocycles. The van der Waals surface area contributed by atoms with Gasteiger partial charge in [-0.15, -0.1) is 11.6 Å². The summed E-state index contributed by atoms with van der Waals surface area (Å²) in [6.45, 7) is 0. The van der Waals surface area contributed by atoms with Crippen LogP contribution in [-0.2, 0) is 0 Å². The normalized spacial score (nSPS) is 12.6. The molecule has 0 amide bonds. The molecule has 1 atom stereocenters. The lowest BCUT2D eigenvalue weighted by Crippen LogP contribution is -2.01. The van der Waals surface area contributed by atoms with E-state index in [2.05, 4.69) is 0 Å². The maximum absolute atomic E-state index is 9.43. The third-order valence-electron chi connectivity index (χ3n) is 1.64. The van der Waals surface area contributed by atoms with Gasteiger partial charge in [-0.05, 0) is 6.07 Å². The van der Waals surface area contributed by atoms with E-state index >= 15 is 0 Å². The molecule has 1 aromatic rings. The minimum Gasteiger partial charge on any atom is -0.496 e. The minimum atomic E-state index is -0.650. The minimum absolute atomic E-state index is 0.181. The van der Waals surface area contributed by atoms with Crippen molar-refractivity contribution < 1.29 is 9.84 Å². The van der Waals surface area contributed by atoms with Crippen molar-refractivity contribution in [3.8, 4) is 5.75 Å². The lowest BCUT2D eigenvalue weighted by molar-refractivity contribution is 0.197. The van der Waals surface area contributed by atoms with Gasteiger partial charge in [0.15, 0.2) is 0 Å². The van der Waals surface area contributed by atoms with E-state index < -0.39 is 6.10 Å². The van der Waals surface area contributed by atoms with E-state index in [1.165, 1.54) is 0 Å². The van der Waals surface area contributed by atoms with Gasteiger partial charge in [0.25, 0.3) is 0 Å². The molecule has 1 N–H and O–H groups in total. The fourth-order valence-electron chi connectivity index (χ4n) is 1.02. The van der Waals surface area contributed by atoms with Crippen LogP contribution >= 0.6 is 11.6 Å². The zero-order valence-corrected chi connectivity index (χ0v) is 7.58. The van der Waals surface area contributed by atoms with Gasteiger partial charge in [0.2, 0.25) is 0 Å². The summed E-state index contributed by atoms with van der Waals surface area (Å²) in [7, 11) is 1.57. The van der Waals surface area contributed by atoms with Crippen molar-refractivity contribution in [2.45, 2.75) is 6.10 Å². The fourth-order valence-corrected chi connectivity index (χ4v) is 1.19. The first-order valence-electron chi connectivity index (χ1n) is 3.66. The van der Waals surface area contributed by atoms with E-state index in [-0.39, 0.29) is 5.88 Å². The number of alkyl halides is 1. The molecule has 0 fully saturated rings. The SMILES string of the molecule is COc1ccccc1[C@H](O)CCl. The van der Waals surface area contributed by atoms with Crippen molar-refractivity contribution in [2.75, 3.05) is 13.0 Å². The number of rotatable bonds is 3. The van der Waals surface area contributed by atoms with Gasteiger partial charge in [-0.3, -0.25) is 0 Å². The number of hydrogen-bond acceptors (Lipinski definition) is 2. The Bertz CT molecular complexity index is 250. The Morgan fingerprint density at radius 2 is 2.17 bits per heavy atom. The average molecular weight is 187 g/mol. The summed E-state index contributed by atoms with van der Waals surface area (Å²) in [5.74, 6) is 0.853. The first-order valence-corrected chi connectivity index (χ1v) is 4.20. The van der Waals surface area contributed by atoms with E-state index in [9.17, 15) is 5.11 Å². The van der Waals surface area contributed by atoms with Gasteiger partial charge in [-0.1, -0.05) is 18.2 Å². The van der Waals surface area contributed by atoms with Crippen molar-refractivity contribution in [1.82, 2.24) is 0 Å². The second-order valence-electron chi connectivity index (χ2n) is 2.41. The van der Waals surface area contributed by atoms with Crippen LogP contribution in [0.4, 0.5) is 0 Å². The van der Waals surface area contributed by atoms with Gasteiger partial charge in [-0.2, -0.15) is 0 Å². The molecular formula is C9H11ClO2. The molecule has 1 rings (SSSR count). The Morgan fingerprint density at radius 1 is 1.50 bits per heavy atom. The largest absolute Gasteiger partial charge is 0.496 e. The number of para-hydroxylation sites is 1. The third kappa shape index (κ3) is 1.90. The average Bonchev–Trinajstić information content (AvgIpc) is 2.16. The van der Waals surface area contributed by atoms with E-state index in [0.29, 0.717) is 5.75 Å². The monoisotopic (exact) mass is 186 g/mol. The van der Waals surface area contributed by atoms with Gasteiger partial charge >= 0.3 is 0 Å². The maximum Gasteiger partial charge on any atom is 0.124 e. The molecule has 1 aromatic carbocycles. The Hall–Kier alpha value is -0.730. The second kappa shape index (κ2) is 4.33. The quantitative estimate of drug-likeness (QED) is 0.732. The Labute approximate surface area is 76.7 Å². The standard InChI is InChI=1S/C9H11ClO2/c1-12-9-5-3-2-4-7(9)8(11)6-10/h2-5,8,11H,6H2,1H3/t8-/m1/s1. The molecule has 3 heteroatoms. The number of methoxy groups -OCH3 is 1. The van der Waals surface area contributed by atoms with Crippen LogP contribution in [0.5, 0.6) is 5.75 Å². The second-order valence-corrected chi connectivity index (χ2v) is 2.72. The predicted molar refractivity (Wildman–Crippen MR) is 48.7 cm³/mol. The summed E-state index contributed by atoms with van der Waals surface area (Å²) in [6.07, 6.45) is -0.650. The zero-order valence-electron chi connectivity index (χ0n) is 6.83. The van der Waals surface area contributed by atoms with Gasteiger partial charge in [0.1, 0.15) is 5.75 Å².